The van der Waals surface area contributed by atoms with Crippen LogP contribution in [-0.4, -0.2) is 17.0 Å². The van der Waals surface area contributed by atoms with E-state index in [1.165, 1.54) is 6.07 Å². The lowest BCUT2D eigenvalue weighted by Crippen LogP contribution is -1.86. The average Bonchev–Trinajstić information content (AvgIpc) is 2.95. The van der Waals surface area contributed by atoms with Gasteiger partial charge in [-0.05, 0) is 30.4 Å². The summed E-state index contributed by atoms with van der Waals surface area (Å²) in [6.07, 6.45) is 3.86. The molecule has 0 aliphatic carbocycles. The molecule has 1 N–H and O–H groups in total. The standard InChI is InChI=1S/C17H14N2O3/c1-22-17-5-3-2-4-12(17)6-7-14-10-13-11-15(19(20)21)8-9-16(13)18-14/h2-11,18H,1H3/b7-6+. The highest BCUT2D eigenvalue weighted by Gasteiger charge is 2.07. The van der Waals surface area contributed by atoms with E-state index in [4.69, 9.17) is 4.74 Å². The van der Waals surface area contributed by atoms with E-state index in [9.17, 15) is 10.1 Å². The zero-order valence-electron chi connectivity index (χ0n) is 11.9. The third kappa shape index (κ3) is 2.69. The van der Waals surface area contributed by atoms with Gasteiger partial charge in [0.15, 0.2) is 0 Å². The number of hydrogen-bond acceptors (Lipinski definition) is 3. The lowest BCUT2D eigenvalue weighted by Gasteiger charge is -2.02. The van der Waals surface area contributed by atoms with Crippen molar-refractivity contribution < 1.29 is 9.66 Å². The van der Waals surface area contributed by atoms with Crippen molar-refractivity contribution in [2.24, 2.45) is 0 Å². The summed E-state index contributed by atoms with van der Waals surface area (Å²) >= 11 is 0. The number of aromatic nitrogens is 1. The van der Waals surface area contributed by atoms with Gasteiger partial charge in [-0.2, -0.15) is 0 Å². The van der Waals surface area contributed by atoms with Gasteiger partial charge < -0.3 is 9.72 Å². The van der Waals surface area contributed by atoms with Gasteiger partial charge in [0.2, 0.25) is 0 Å². The number of nitro benzene ring substituents is 1. The Labute approximate surface area is 127 Å². The molecule has 0 unspecified atom stereocenters. The molecule has 0 fully saturated rings. The molecule has 0 bridgehead atoms. The summed E-state index contributed by atoms with van der Waals surface area (Å²) in [5.74, 6) is 0.797. The summed E-state index contributed by atoms with van der Waals surface area (Å²) in [6, 6.07) is 14.4. The van der Waals surface area contributed by atoms with Gasteiger partial charge in [-0.1, -0.05) is 18.2 Å². The molecule has 3 aromatic rings. The lowest BCUT2D eigenvalue weighted by molar-refractivity contribution is -0.384. The van der Waals surface area contributed by atoms with E-state index in [1.807, 2.05) is 42.5 Å². The minimum atomic E-state index is -0.392. The first kappa shape index (κ1) is 13.9. The number of nitro groups is 1. The summed E-state index contributed by atoms with van der Waals surface area (Å²) in [7, 11) is 1.63. The SMILES string of the molecule is COc1ccccc1/C=C/c1cc2cc([N+](=O)[O-])ccc2[nH]1. The molecule has 22 heavy (non-hydrogen) atoms. The van der Waals surface area contributed by atoms with Gasteiger partial charge in [0, 0.05) is 34.3 Å². The second-order valence-electron chi connectivity index (χ2n) is 4.83. The minimum Gasteiger partial charge on any atom is -0.496 e. The molecule has 0 aliphatic rings. The van der Waals surface area contributed by atoms with E-state index in [0.29, 0.717) is 0 Å². The molecule has 0 radical (unpaired) electrons. The number of nitrogens with one attached hydrogen (secondary N) is 1. The molecule has 110 valence electrons. The number of rotatable bonds is 4. The van der Waals surface area contributed by atoms with Crippen molar-refractivity contribution in [3.05, 3.63) is 69.9 Å². The van der Waals surface area contributed by atoms with Crippen LogP contribution in [0.25, 0.3) is 23.1 Å². The third-order valence-electron chi connectivity index (χ3n) is 3.42. The number of para-hydroxylation sites is 1. The van der Waals surface area contributed by atoms with Gasteiger partial charge in [0.1, 0.15) is 5.75 Å². The summed E-state index contributed by atoms with van der Waals surface area (Å²) in [5.41, 5.74) is 2.80. The predicted octanol–water partition coefficient (Wildman–Crippen LogP) is 4.26. The fourth-order valence-electron chi connectivity index (χ4n) is 2.33. The molecule has 0 saturated heterocycles. The quantitative estimate of drug-likeness (QED) is 0.577. The van der Waals surface area contributed by atoms with E-state index in [0.717, 1.165) is 27.9 Å². The smallest absolute Gasteiger partial charge is 0.270 e. The van der Waals surface area contributed by atoms with Crippen molar-refractivity contribution in [3.8, 4) is 5.75 Å². The Morgan fingerprint density at radius 2 is 1.95 bits per heavy atom. The maximum atomic E-state index is 10.8. The molecule has 2 aromatic carbocycles. The second-order valence-corrected chi connectivity index (χ2v) is 4.83. The van der Waals surface area contributed by atoms with Crippen LogP contribution in [0.15, 0.2) is 48.5 Å². The molecule has 1 heterocycles. The molecular weight excluding hydrogens is 280 g/mol. The minimum absolute atomic E-state index is 0.0896. The molecule has 5 nitrogen and oxygen atoms in total. The maximum Gasteiger partial charge on any atom is 0.270 e. The highest BCUT2D eigenvalue weighted by atomic mass is 16.6. The normalized spacial score (nSPS) is 11.1. The molecule has 0 saturated carbocycles. The van der Waals surface area contributed by atoms with Crippen LogP contribution in [0, 0.1) is 10.1 Å². The van der Waals surface area contributed by atoms with E-state index in [-0.39, 0.29) is 5.69 Å². The maximum absolute atomic E-state index is 10.8. The van der Waals surface area contributed by atoms with Crippen molar-refractivity contribution in [1.29, 1.82) is 0 Å². The van der Waals surface area contributed by atoms with Gasteiger partial charge in [-0.15, -0.1) is 0 Å². The Hall–Kier alpha value is -3.08. The number of aromatic amines is 1. The molecule has 1 aromatic heterocycles. The van der Waals surface area contributed by atoms with Crippen LogP contribution in [0.3, 0.4) is 0 Å². The van der Waals surface area contributed by atoms with Gasteiger partial charge in [0.05, 0.1) is 12.0 Å². The first-order valence-corrected chi connectivity index (χ1v) is 6.75. The average molecular weight is 294 g/mol. The van der Waals surface area contributed by atoms with Crippen LogP contribution in [-0.2, 0) is 0 Å². The first-order valence-electron chi connectivity index (χ1n) is 6.75. The number of hydrogen-bond donors (Lipinski definition) is 1. The third-order valence-corrected chi connectivity index (χ3v) is 3.42. The van der Waals surface area contributed by atoms with Gasteiger partial charge in [-0.25, -0.2) is 0 Å². The zero-order valence-corrected chi connectivity index (χ0v) is 11.9. The van der Waals surface area contributed by atoms with Crippen molar-refractivity contribution in [2.75, 3.05) is 7.11 Å². The topological polar surface area (TPSA) is 68.2 Å². The molecule has 5 heteroatoms. The second kappa shape index (κ2) is 5.73. The number of nitrogens with zero attached hydrogens (tertiary/aromatic N) is 1. The monoisotopic (exact) mass is 294 g/mol. The van der Waals surface area contributed by atoms with Gasteiger partial charge in [0.25, 0.3) is 5.69 Å². The fourth-order valence-corrected chi connectivity index (χ4v) is 2.33. The Bertz CT molecular complexity index is 865. The van der Waals surface area contributed by atoms with E-state index in [1.54, 1.807) is 19.2 Å². The molecule has 0 aliphatic heterocycles. The number of non-ortho nitro benzene ring substituents is 1. The summed E-state index contributed by atoms with van der Waals surface area (Å²) < 4.78 is 5.30. The van der Waals surface area contributed by atoms with E-state index < -0.39 is 4.92 Å². The number of fused-ring (bicyclic) bond motifs is 1. The largest absolute Gasteiger partial charge is 0.496 e. The van der Waals surface area contributed by atoms with Crippen molar-refractivity contribution in [3.63, 3.8) is 0 Å². The lowest BCUT2D eigenvalue weighted by atomic mass is 10.1. The number of H-pyrrole nitrogens is 1. The predicted molar refractivity (Wildman–Crippen MR) is 86.9 cm³/mol. The fraction of sp³-hybridized carbons (Fsp3) is 0.0588. The highest BCUT2D eigenvalue weighted by Crippen LogP contribution is 2.24. The summed E-state index contributed by atoms with van der Waals surface area (Å²) in [6.45, 7) is 0. The number of ether oxygens (including phenoxy) is 1. The Kier molecular flexibility index (Phi) is 3.62. The van der Waals surface area contributed by atoms with Gasteiger partial charge in [-0.3, -0.25) is 10.1 Å². The van der Waals surface area contributed by atoms with Crippen molar-refractivity contribution >= 4 is 28.7 Å². The Balaban J connectivity index is 1.93. The number of benzene rings is 2. The van der Waals surface area contributed by atoms with Crippen molar-refractivity contribution in [2.45, 2.75) is 0 Å². The number of methoxy groups -OCH3 is 1. The van der Waals surface area contributed by atoms with Crippen LogP contribution >= 0.6 is 0 Å². The van der Waals surface area contributed by atoms with E-state index >= 15 is 0 Å². The molecule has 3 rings (SSSR count). The van der Waals surface area contributed by atoms with E-state index in [2.05, 4.69) is 4.98 Å². The highest BCUT2D eigenvalue weighted by molar-refractivity contribution is 5.86. The van der Waals surface area contributed by atoms with Crippen molar-refractivity contribution in [1.82, 2.24) is 4.98 Å². The van der Waals surface area contributed by atoms with Crippen LogP contribution in [0.2, 0.25) is 0 Å². The molecular formula is C17H14N2O3. The Morgan fingerprint density at radius 1 is 1.14 bits per heavy atom. The summed E-state index contributed by atoms with van der Waals surface area (Å²) in [5, 5.41) is 11.6. The molecule has 0 spiro atoms. The Morgan fingerprint density at radius 3 is 2.73 bits per heavy atom. The zero-order chi connectivity index (χ0) is 15.5. The van der Waals surface area contributed by atoms with Crippen LogP contribution < -0.4 is 4.74 Å². The first-order chi connectivity index (χ1) is 10.7. The molecule has 0 atom stereocenters. The van der Waals surface area contributed by atoms with Gasteiger partial charge >= 0.3 is 0 Å². The van der Waals surface area contributed by atoms with Crippen LogP contribution in [0.1, 0.15) is 11.3 Å². The molecule has 0 amide bonds. The van der Waals surface area contributed by atoms with Crippen LogP contribution in [0.4, 0.5) is 5.69 Å². The van der Waals surface area contributed by atoms with Crippen LogP contribution in [0.5, 0.6) is 5.75 Å². The summed E-state index contributed by atoms with van der Waals surface area (Å²) in [4.78, 5) is 13.6.